The summed E-state index contributed by atoms with van der Waals surface area (Å²) < 4.78 is 26.5. The van der Waals surface area contributed by atoms with E-state index in [0.717, 1.165) is 24.9 Å². The Morgan fingerprint density at radius 3 is 2.38 bits per heavy atom. The van der Waals surface area contributed by atoms with Gasteiger partial charge in [-0.2, -0.15) is 4.31 Å². The van der Waals surface area contributed by atoms with Gasteiger partial charge in [0.1, 0.15) is 0 Å². The third-order valence-electron chi connectivity index (χ3n) is 3.53. The Kier molecular flexibility index (Phi) is 5.87. The molecule has 1 heterocycles. The number of aliphatic hydroxyl groups is 1. The van der Waals surface area contributed by atoms with Crippen LogP contribution in [0.2, 0.25) is 0 Å². The van der Waals surface area contributed by atoms with Crippen LogP contribution in [0.25, 0.3) is 0 Å². The summed E-state index contributed by atoms with van der Waals surface area (Å²) in [6, 6.07) is 6.61. The summed E-state index contributed by atoms with van der Waals surface area (Å²) in [5.74, 6) is 0.161. The number of halogens is 1. The van der Waals surface area contributed by atoms with E-state index < -0.39 is 16.1 Å². The largest absolute Gasteiger partial charge is 0.390 e. The number of benzene rings is 1. The van der Waals surface area contributed by atoms with Gasteiger partial charge in [0.05, 0.1) is 16.9 Å². The number of hydrogen-bond acceptors (Lipinski definition) is 4. The summed E-state index contributed by atoms with van der Waals surface area (Å²) in [6.45, 7) is 1.54. The molecule has 0 bridgehead atoms. The van der Waals surface area contributed by atoms with Crippen LogP contribution in [0.5, 0.6) is 0 Å². The SMILES string of the molecule is O=S(=O)(c1ccc(NCC(O)CCl)cc1)N1CCCCC1. The molecule has 5 nitrogen and oxygen atoms in total. The van der Waals surface area contributed by atoms with Gasteiger partial charge in [-0.1, -0.05) is 6.42 Å². The molecule has 0 radical (unpaired) electrons. The van der Waals surface area contributed by atoms with Crippen LogP contribution in [0.15, 0.2) is 29.2 Å². The average Bonchev–Trinajstić information content (AvgIpc) is 2.53. The van der Waals surface area contributed by atoms with Gasteiger partial charge in [-0.25, -0.2) is 8.42 Å². The Balaban J connectivity index is 2.03. The van der Waals surface area contributed by atoms with E-state index >= 15 is 0 Å². The second-order valence-electron chi connectivity index (χ2n) is 5.18. The van der Waals surface area contributed by atoms with Crippen molar-refractivity contribution in [3.05, 3.63) is 24.3 Å². The monoisotopic (exact) mass is 332 g/mol. The van der Waals surface area contributed by atoms with Crippen LogP contribution >= 0.6 is 11.6 Å². The minimum atomic E-state index is -3.38. The normalized spacial score (nSPS) is 18.4. The van der Waals surface area contributed by atoms with E-state index in [4.69, 9.17) is 11.6 Å². The molecule has 1 aromatic rings. The summed E-state index contributed by atoms with van der Waals surface area (Å²) in [7, 11) is -3.38. The number of nitrogens with one attached hydrogen (secondary N) is 1. The van der Waals surface area contributed by atoms with Crippen LogP contribution in [0, 0.1) is 0 Å². The number of alkyl halides is 1. The maximum Gasteiger partial charge on any atom is 0.243 e. The summed E-state index contributed by atoms with van der Waals surface area (Å²) >= 11 is 5.51. The lowest BCUT2D eigenvalue weighted by Crippen LogP contribution is -2.35. The molecule has 1 atom stereocenters. The number of piperidine rings is 1. The quantitative estimate of drug-likeness (QED) is 0.780. The van der Waals surface area contributed by atoms with Gasteiger partial charge in [-0.15, -0.1) is 11.6 Å². The van der Waals surface area contributed by atoms with Crippen molar-refractivity contribution in [2.45, 2.75) is 30.3 Å². The summed E-state index contributed by atoms with van der Waals surface area (Å²) in [5.41, 5.74) is 0.761. The van der Waals surface area contributed by atoms with Gasteiger partial charge in [0, 0.05) is 25.3 Å². The highest BCUT2D eigenvalue weighted by molar-refractivity contribution is 7.89. The number of anilines is 1. The van der Waals surface area contributed by atoms with Gasteiger partial charge in [0.15, 0.2) is 0 Å². The molecule has 21 heavy (non-hydrogen) atoms. The van der Waals surface area contributed by atoms with Gasteiger partial charge in [-0.05, 0) is 37.1 Å². The molecule has 1 aliphatic heterocycles. The minimum Gasteiger partial charge on any atom is -0.390 e. The van der Waals surface area contributed by atoms with Gasteiger partial charge in [0.25, 0.3) is 0 Å². The second kappa shape index (κ2) is 7.45. The van der Waals surface area contributed by atoms with Crippen LogP contribution in [-0.4, -0.2) is 49.4 Å². The highest BCUT2D eigenvalue weighted by atomic mass is 35.5. The molecule has 0 aromatic heterocycles. The first-order valence-electron chi connectivity index (χ1n) is 7.12. The smallest absolute Gasteiger partial charge is 0.243 e. The lowest BCUT2D eigenvalue weighted by molar-refractivity contribution is 0.211. The summed E-state index contributed by atoms with van der Waals surface area (Å²) in [5, 5.41) is 12.4. The third kappa shape index (κ3) is 4.32. The number of aliphatic hydroxyl groups excluding tert-OH is 1. The highest BCUT2D eigenvalue weighted by Crippen LogP contribution is 2.21. The Hall–Kier alpha value is -0.820. The Morgan fingerprint density at radius 2 is 1.81 bits per heavy atom. The standard InChI is InChI=1S/C14H21ClN2O3S/c15-10-13(18)11-16-12-4-6-14(7-5-12)21(19,20)17-8-2-1-3-9-17/h4-7,13,16,18H,1-3,8-11H2. The van der Waals surface area contributed by atoms with E-state index in [9.17, 15) is 13.5 Å². The molecule has 0 saturated carbocycles. The Bertz CT molecular complexity index is 542. The molecular formula is C14H21ClN2O3S. The minimum absolute atomic E-state index is 0.161. The highest BCUT2D eigenvalue weighted by Gasteiger charge is 2.25. The molecule has 1 aliphatic rings. The molecule has 118 valence electrons. The zero-order valence-electron chi connectivity index (χ0n) is 11.8. The first-order valence-corrected chi connectivity index (χ1v) is 9.09. The molecule has 0 spiro atoms. The van der Waals surface area contributed by atoms with E-state index in [1.165, 1.54) is 0 Å². The van der Waals surface area contributed by atoms with Crippen molar-refractivity contribution in [2.75, 3.05) is 30.8 Å². The summed E-state index contributed by atoms with van der Waals surface area (Å²) in [6.07, 6.45) is 2.32. The van der Waals surface area contributed by atoms with Gasteiger partial charge in [-0.3, -0.25) is 0 Å². The predicted molar refractivity (Wildman–Crippen MR) is 84.3 cm³/mol. The fourth-order valence-electron chi connectivity index (χ4n) is 2.29. The Morgan fingerprint density at radius 1 is 1.19 bits per heavy atom. The van der Waals surface area contributed by atoms with Crippen molar-refractivity contribution in [1.29, 1.82) is 0 Å². The molecule has 1 fully saturated rings. The van der Waals surface area contributed by atoms with Crippen molar-refractivity contribution in [1.82, 2.24) is 4.31 Å². The van der Waals surface area contributed by atoms with E-state index in [1.54, 1.807) is 28.6 Å². The molecule has 1 unspecified atom stereocenters. The topological polar surface area (TPSA) is 69.6 Å². The molecule has 2 rings (SSSR count). The molecular weight excluding hydrogens is 312 g/mol. The van der Waals surface area contributed by atoms with Crippen LogP contribution < -0.4 is 5.32 Å². The predicted octanol–water partition coefficient (Wildman–Crippen LogP) is 1.87. The zero-order valence-corrected chi connectivity index (χ0v) is 13.4. The maximum atomic E-state index is 12.5. The molecule has 0 amide bonds. The van der Waals surface area contributed by atoms with Gasteiger partial charge < -0.3 is 10.4 Å². The molecule has 0 aliphatic carbocycles. The van der Waals surface area contributed by atoms with E-state index in [2.05, 4.69) is 5.32 Å². The number of hydrogen-bond donors (Lipinski definition) is 2. The Labute approximate surface area is 131 Å². The van der Waals surface area contributed by atoms with Gasteiger partial charge >= 0.3 is 0 Å². The van der Waals surface area contributed by atoms with Crippen molar-refractivity contribution in [3.8, 4) is 0 Å². The molecule has 2 N–H and O–H groups in total. The lowest BCUT2D eigenvalue weighted by Gasteiger charge is -2.25. The van der Waals surface area contributed by atoms with Crippen molar-refractivity contribution >= 4 is 27.3 Å². The van der Waals surface area contributed by atoms with E-state index in [1.807, 2.05) is 0 Å². The average molecular weight is 333 g/mol. The van der Waals surface area contributed by atoms with Crippen LogP contribution in [0.3, 0.4) is 0 Å². The van der Waals surface area contributed by atoms with Crippen LogP contribution in [0.4, 0.5) is 5.69 Å². The number of sulfonamides is 1. The first-order chi connectivity index (χ1) is 10.0. The zero-order chi connectivity index (χ0) is 15.3. The number of rotatable bonds is 6. The fourth-order valence-corrected chi connectivity index (χ4v) is 3.92. The maximum absolute atomic E-state index is 12.5. The second-order valence-corrected chi connectivity index (χ2v) is 7.42. The molecule has 7 heteroatoms. The van der Waals surface area contributed by atoms with Crippen LogP contribution in [-0.2, 0) is 10.0 Å². The lowest BCUT2D eigenvalue weighted by atomic mass is 10.2. The number of nitrogens with zero attached hydrogens (tertiary/aromatic N) is 1. The third-order valence-corrected chi connectivity index (χ3v) is 5.80. The first kappa shape index (κ1) is 16.5. The molecule has 1 saturated heterocycles. The van der Waals surface area contributed by atoms with E-state index in [0.29, 0.717) is 24.5 Å². The van der Waals surface area contributed by atoms with Crippen molar-refractivity contribution in [3.63, 3.8) is 0 Å². The summed E-state index contributed by atoms with van der Waals surface area (Å²) in [4.78, 5) is 0.313. The van der Waals surface area contributed by atoms with Crippen molar-refractivity contribution in [2.24, 2.45) is 0 Å². The van der Waals surface area contributed by atoms with Crippen LogP contribution in [0.1, 0.15) is 19.3 Å². The van der Waals surface area contributed by atoms with Gasteiger partial charge in [0.2, 0.25) is 10.0 Å². The van der Waals surface area contributed by atoms with Crippen molar-refractivity contribution < 1.29 is 13.5 Å². The van der Waals surface area contributed by atoms with E-state index in [-0.39, 0.29) is 5.88 Å². The fraction of sp³-hybridized carbons (Fsp3) is 0.571. The molecule has 1 aromatic carbocycles.